The largest absolute Gasteiger partial charge is 0.381 e. The molecule has 0 aliphatic heterocycles. The van der Waals surface area contributed by atoms with Crippen LogP contribution in [-0.2, 0) is 21.3 Å². The van der Waals surface area contributed by atoms with E-state index >= 15 is 0 Å². The summed E-state index contributed by atoms with van der Waals surface area (Å²) in [5.74, 6) is 0.483. The zero-order valence-corrected chi connectivity index (χ0v) is 14.8. The van der Waals surface area contributed by atoms with Crippen molar-refractivity contribution in [3.63, 3.8) is 0 Å². The molecule has 0 saturated carbocycles. The maximum Gasteiger partial charge on any atom is 0.241 e. The molecule has 0 spiro atoms. The van der Waals surface area contributed by atoms with Crippen LogP contribution in [0.1, 0.15) is 25.8 Å². The second kappa shape index (κ2) is 8.85. The van der Waals surface area contributed by atoms with Gasteiger partial charge < -0.3 is 10.5 Å². The average Bonchev–Trinajstić information content (AvgIpc) is 2.42. The summed E-state index contributed by atoms with van der Waals surface area (Å²) < 4.78 is 33.0. The van der Waals surface area contributed by atoms with Crippen LogP contribution < -0.4 is 10.5 Å². The summed E-state index contributed by atoms with van der Waals surface area (Å²) in [5.41, 5.74) is 6.32. The number of benzene rings is 1. The van der Waals surface area contributed by atoms with Crippen molar-refractivity contribution in [2.24, 2.45) is 11.7 Å². The highest BCUT2D eigenvalue weighted by Gasteiger charge is 2.17. The summed E-state index contributed by atoms with van der Waals surface area (Å²) in [5, 5.41) is 0. The Morgan fingerprint density at radius 3 is 2.71 bits per heavy atom. The molecule has 21 heavy (non-hydrogen) atoms. The molecule has 0 aromatic heterocycles. The van der Waals surface area contributed by atoms with Gasteiger partial charge in [0.1, 0.15) is 0 Å². The summed E-state index contributed by atoms with van der Waals surface area (Å²) >= 11 is 3.26. The molecule has 0 saturated heterocycles. The van der Waals surface area contributed by atoms with Gasteiger partial charge in [-0.15, -0.1) is 0 Å². The number of rotatable bonds is 9. The Bertz CT molecular complexity index is 547. The molecule has 0 amide bonds. The molecule has 1 rings (SSSR count). The zero-order chi connectivity index (χ0) is 15.9. The fourth-order valence-corrected chi connectivity index (χ4v) is 3.74. The Balaban J connectivity index is 2.54. The Morgan fingerprint density at radius 1 is 1.38 bits per heavy atom. The Kier molecular flexibility index (Phi) is 7.83. The summed E-state index contributed by atoms with van der Waals surface area (Å²) in [6.07, 6.45) is 0.639. The molecule has 120 valence electrons. The van der Waals surface area contributed by atoms with Gasteiger partial charge in [0.05, 0.1) is 4.90 Å². The van der Waals surface area contributed by atoms with E-state index in [1.807, 2.05) is 0 Å². The monoisotopic (exact) mass is 378 g/mol. The highest BCUT2D eigenvalue weighted by molar-refractivity contribution is 9.10. The molecule has 7 heteroatoms. The smallest absolute Gasteiger partial charge is 0.241 e. The normalized spacial score (nSPS) is 12.0. The number of nitrogens with one attached hydrogen (secondary N) is 1. The van der Waals surface area contributed by atoms with Crippen molar-refractivity contribution in [3.8, 4) is 0 Å². The minimum Gasteiger partial charge on any atom is -0.381 e. The van der Waals surface area contributed by atoms with E-state index in [0.717, 1.165) is 5.56 Å². The Labute approximate surface area is 135 Å². The standard InChI is InChI=1S/C14H23BrN2O3S/c1-11(2)10-20-7-3-6-17-21(18,19)14-8-12(9-16)4-5-13(14)15/h4-5,8,11,17H,3,6-7,9-10,16H2,1-2H3. The van der Waals surface area contributed by atoms with Gasteiger partial charge >= 0.3 is 0 Å². The van der Waals surface area contributed by atoms with Crippen LogP contribution in [0.15, 0.2) is 27.6 Å². The minimum absolute atomic E-state index is 0.216. The Hall–Kier alpha value is -0.470. The summed E-state index contributed by atoms with van der Waals surface area (Å²) in [7, 11) is -3.54. The summed E-state index contributed by atoms with van der Waals surface area (Å²) in [6, 6.07) is 5.08. The topological polar surface area (TPSA) is 81.4 Å². The van der Waals surface area contributed by atoms with E-state index in [1.165, 1.54) is 0 Å². The lowest BCUT2D eigenvalue weighted by Crippen LogP contribution is -2.26. The first-order valence-electron chi connectivity index (χ1n) is 6.92. The molecule has 0 heterocycles. The Morgan fingerprint density at radius 2 is 2.10 bits per heavy atom. The molecule has 0 bridgehead atoms. The lowest BCUT2D eigenvalue weighted by molar-refractivity contribution is 0.108. The first-order chi connectivity index (χ1) is 9.86. The van der Waals surface area contributed by atoms with Crippen LogP contribution in [-0.4, -0.2) is 28.2 Å². The lowest BCUT2D eigenvalue weighted by Gasteiger charge is -2.10. The zero-order valence-electron chi connectivity index (χ0n) is 12.4. The quantitative estimate of drug-likeness (QED) is 0.645. The highest BCUT2D eigenvalue weighted by atomic mass is 79.9. The van der Waals surface area contributed by atoms with Crippen molar-refractivity contribution in [1.82, 2.24) is 4.72 Å². The van der Waals surface area contributed by atoms with Crippen molar-refractivity contribution in [3.05, 3.63) is 28.2 Å². The maximum atomic E-state index is 12.2. The number of hydrogen-bond acceptors (Lipinski definition) is 4. The van der Waals surface area contributed by atoms with Gasteiger partial charge in [0.25, 0.3) is 0 Å². The van der Waals surface area contributed by atoms with E-state index in [1.54, 1.807) is 18.2 Å². The molecule has 0 aliphatic rings. The van der Waals surface area contributed by atoms with Crippen molar-refractivity contribution < 1.29 is 13.2 Å². The predicted octanol–water partition coefficient (Wildman–Crippen LogP) is 2.25. The molecular weight excluding hydrogens is 356 g/mol. The second-order valence-corrected chi connectivity index (χ2v) is 7.78. The molecule has 0 atom stereocenters. The number of hydrogen-bond donors (Lipinski definition) is 2. The van der Waals surface area contributed by atoms with Crippen molar-refractivity contribution in [2.45, 2.75) is 31.7 Å². The SMILES string of the molecule is CC(C)COCCCNS(=O)(=O)c1cc(CN)ccc1Br. The van der Waals surface area contributed by atoms with Crippen molar-refractivity contribution in [2.75, 3.05) is 19.8 Å². The molecule has 5 nitrogen and oxygen atoms in total. The first-order valence-corrected chi connectivity index (χ1v) is 9.20. The van der Waals surface area contributed by atoms with Gasteiger partial charge in [-0.1, -0.05) is 19.9 Å². The van der Waals surface area contributed by atoms with Gasteiger partial charge in [-0.3, -0.25) is 0 Å². The minimum atomic E-state index is -3.54. The van der Waals surface area contributed by atoms with Gasteiger partial charge in [-0.2, -0.15) is 0 Å². The van der Waals surface area contributed by atoms with Gasteiger partial charge in [0, 0.05) is 30.8 Å². The lowest BCUT2D eigenvalue weighted by atomic mass is 10.2. The third-order valence-electron chi connectivity index (χ3n) is 2.73. The molecule has 0 aliphatic carbocycles. The van der Waals surface area contributed by atoms with Crippen LogP contribution in [0, 0.1) is 5.92 Å². The van der Waals surface area contributed by atoms with E-state index in [9.17, 15) is 8.42 Å². The van der Waals surface area contributed by atoms with E-state index in [2.05, 4.69) is 34.5 Å². The molecule has 1 aromatic carbocycles. The van der Waals surface area contributed by atoms with E-state index in [4.69, 9.17) is 10.5 Å². The van der Waals surface area contributed by atoms with Crippen LogP contribution in [0.5, 0.6) is 0 Å². The summed E-state index contributed by atoms with van der Waals surface area (Å²) in [6.45, 7) is 6.04. The van der Waals surface area contributed by atoms with Crippen molar-refractivity contribution in [1.29, 1.82) is 0 Å². The molecular formula is C14H23BrN2O3S. The second-order valence-electron chi connectivity index (χ2n) is 5.19. The molecule has 3 N–H and O–H groups in total. The van der Waals surface area contributed by atoms with Crippen LogP contribution in [0.2, 0.25) is 0 Å². The van der Waals surface area contributed by atoms with E-state index in [0.29, 0.717) is 43.1 Å². The number of ether oxygens (including phenoxy) is 1. The number of halogens is 1. The summed E-state index contributed by atoms with van der Waals surface area (Å²) in [4.78, 5) is 0.216. The van der Waals surface area contributed by atoms with E-state index in [-0.39, 0.29) is 4.90 Å². The van der Waals surface area contributed by atoms with Crippen LogP contribution in [0.3, 0.4) is 0 Å². The van der Waals surface area contributed by atoms with Gasteiger partial charge in [0.15, 0.2) is 0 Å². The van der Waals surface area contributed by atoms with Crippen LogP contribution in [0.25, 0.3) is 0 Å². The third-order valence-corrected chi connectivity index (χ3v) is 5.18. The molecule has 0 radical (unpaired) electrons. The number of sulfonamides is 1. The van der Waals surface area contributed by atoms with Gasteiger partial charge in [-0.25, -0.2) is 13.1 Å². The highest BCUT2D eigenvalue weighted by Crippen LogP contribution is 2.22. The fourth-order valence-electron chi connectivity index (χ4n) is 1.66. The third kappa shape index (κ3) is 6.44. The van der Waals surface area contributed by atoms with E-state index < -0.39 is 10.0 Å². The average molecular weight is 379 g/mol. The molecule has 0 fully saturated rings. The molecule has 0 unspecified atom stereocenters. The molecule has 1 aromatic rings. The van der Waals surface area contributed by atoms with Gasteiger partial charge in [-0.05, 0) is 46.0 Å². The van der Waals surface area contributed by atoms with Gasteiger partial charge in [0.2, 0.25) is 10.0 Å². The number of nitrogens with two attached hydrogens (primary N) is 1. The van der Waals surface area contributed by atoms with Crippen LogP contribution in [0.4, 0.5) is 0 Å². The van der Waals surface area contributed by atoms with Crippen LogP contribution >= 0.6 is 15.9 Å². The van der Waals surface area contributed by atoms with Crippen molar-refractivity contribution >= 4 is 26.0 Å². The fraction of sp³-hybridized carbons (Fsp3) is 0.571. The predicted molar refractivity (Wildman–Crippen MR) is 87.5 cm³/mol. The first kappa shape index (κ1) is 18.6. The maximum absolute atomic E-state index is 12.2.